The number of anilines is 1. The summed E-state index contributed by atoms with van der Waals surface area (Å²) >= 11 is 0. The summed E-state index contributed by atoms with van der Waals surface area (Å²) in [6.45, 7) is 9.67. The number of nitrogens with zero attached hydrogens (tertiary/aromatic N) is 1. The number of carbonyl (C=O) groups is 1. The fraction of sp³-hybridized carbons (Fsp3) is 0.316. The molecule has 3 nitrogen and oxygen atoms in total. The van der Waals surface area contributed by atoms with Gasteiger partial charge < -0.3 is 10.2 Å². The molecule has 1 heterocycles. The van der Waals surface area contributed by atoms with Crippen LogP contribution in [0, 0.1) is 5.82 Å². The monoisotopic (exact) mass is 314 g/mol. The Labute approximate surface area is 137 Å². The molecule has 0 saturated heterocycles. The number of benzene rings is 1. The summed E-state index contributed by atoms with van der Waals surface area (Å²) < 4.78 is 13.0. The summed E-state index contributed by atoms with van der Waals surface area (Å²) in [5.41, 5.74) is 1.85. The quantitative estimate of drug-likeness (QED) is 0.770. The minimum absolute atomic E-state index is 0.0216. The van der Waals surface area contributed by atoms with Crippen LogP contribution in [0.5, 0.6) is 0 Å². The Balaban J connectivity index is 2.22. The number of carbonyl (C=O) groups excluding carboxylic acids is 1. The highest BCUT2D eigenvalue weighted by molar-refractivity contribution is 5.90. The maximum absolute atomic E-state index is 13.0. The average Bonchev–Trinajstić information content (AvgIpc) is 2.50. The first-order valence-electron chi connectivity index (χ1n) is 7.79. The SMILES string of the molecule is C=CC[C@@H]1CC(C)=C[C@H](CC=C)N1C(=O)Nc1ccc(F)cc1. The van der Waals surface area contributed by atoms with E-state index in [0.717, 1.165) is 12.8 Å². The van der Waals surface area contributed by atoms with Gasteiger partial charge in [-0.2, -0.15) is 0 Å². The van der Waals surface area contributed by atoms with Crippen LogP contribution in [0.4, 0.5) is 14.9 Å². The Hall–Kier alpha value is -2.36. The fourth-order valence-electron chi connectivity index (χ4n) is 3.00. The summed E-state index contributed by atoms with van der Waals surface area (Å²) in [5.74, 6) is -0.325. The van der Waals surface area contributed by atoms with Gasteiger partial charge in [0.2, 0.25) is 0 Å². The van der Waals surface area contributed by atoms with Crippen molar-refractivity contribution in [2.75, 3.05) is 5.32 Å². The lowest BCUT2D eigenvalue weighted by Crippen LogP contribution is -2.50. The van der Waals surface area contributed by atoms with Gasteiger partial charge in [0, 0.05) is 11.7 Å². The van der Waals surface area contributed by atoms with Gasteiger partial charge in [0.05, 0.1) is 6.04 Å². The first-order chi connectivity index (χ1) is 11.0. The highest BCUT2D eigenvalue weighted by Crippen LogP contribution is 2.27. The molecule has 122 valence electrons. The molecule has 1 aromatic carbocycles. The van der Waals surface area contributed by atoms with Gasteiger partial charge in [-0.25, -0.2) is 9.18 Å². The molecule has 0 spiro atoms. The van der Waals surface area contributed by atoms with Crippen molar-refractivity contribution in [1.29, 1.82) is 0 Å². The van der Waals surface area contributed by atoms with Crippen LogP contribution in [0.1, 0.15) is 26.2 Å². The van der Waals surface area contributed by atoms with E-state index in [1.54, 1.807) is 12.1 Å². The van der Waals surface area contributed by atoms with E-state index in [0.29, 0.717) is 12.1 Å². The molecule has 0 bridgehead atoms. The number of rotatable bonds is 5. The molecular formula is C19H23FN2O. The third-order valence-electron chi connectivity index (χ3n) is 3.96. The van der Waals surface area contributed by atoms with E-state index < -0.39 is 0 Å². The van der Waals surface area contributed by atoms with Crippen LogP contribution in [0.25, 0.3) is 0 Å². The van der Waals surface area contributed by atoms with Gasteiger partial charge in [0.25, 0.3) is 0 Å². The first-order valence-corrected chi connectivity index (χ1v) is 7.79. The largest absolute Gasteiger partial charge is 0.322 e. The standard InChI is InChI=1S/C19H23FN2O/c1-4-6-17-12-14(3)13-18(7-5-2)22(17)19(23)21-16-10-8-15(20)9-11-16/h4-5,8-12,17-18H,1-2,6-7,13H2,3H3,(H,21,23)/t17-,18+/m0/s1. The highest BCUT2D eigenvalue weighted by atomic mass is 19.1. The predicted octanol–water partition coefficient (Wildman–Crippen LogP) is 4.90. The van der Waals surface area contributed by atoms with Gasteiger partial charge >= 0.3 is 6.03 Å². The summed E-state index contributed by atoms with van der Waals surface area (Å²) in [7, 11) is 0. The smallest absolute Gasteiger partial charge is 0.314 e. The maximum Gasteiger partial charge on any atom is 0.322 e. The van der Waals surface area contributed by atoms with E-state index in [1.807, 2.05) is 17.1 Å². The average molecular weight is 314 g/mol. The van der Waals surface area contributed by atoms with Crippen molar-refractivity contribution >= 4 is 11.7 Å². The number of hydrogen-bond acceptors (Lipinski definition) is 1. The molecule has 0 aliphatic carbocycles. The van der Waals surface area contributed by atoms with Crippen molar-refractivity contribution < 1.29 is 9.18 Å². The summed E-state index contributed by atoms with van der Waals surface area (Å²) in [4.78, 5) is 14.6. The molecule has 2 amide bonds. The lowest BCUT2D eigenvalue weighted by molar-refractivity contribution is 0.163. The topological polar surface area (TPSA) is 32.3 Å². The predicted molar refractivity (Wildman–Crippen MR) is 92.8 cm³/mol. The lowest BCUT2D eigenvalue weighted by Gasteiger charge is -2.40. The Morgan fingerprint density at radius 2 is 1.96 bits per heavy atom. The zero-order valence-corrected chi connectivity index (χ0v) is 13.5. The molecular weight excluding hydrogens is 291 g/mol. The van der Waals surface area contributed by atoms with Crippen molar-refractivity contribution in [3.63, 3.8) is 0 Å². The summed E-state index contributed by atoms with van der Waals surface area (Å²) in [5, 5.41) is 2.85. The van der Waals surface area contributed by atoms with E-state index in [-0.39, 0.29) is 23.9 Å². The van der Waals surface area contributed by atoms with Crippen molar-refractivity contribution in [3.8, 4) is 0 Å². The Morgan fingerprint density at radius 3 is 2.57 bits per heavy atom. The second-order valence-corrected chi connectivity index (χ2v) is 5.83. The summed E-state index contributed by atoms with van der Waals surface area (Å²) in [6.07, 6.45) is 8.04. The van der Waals surface area contributed by atoms with E-state index in [1.165, 1.54) is 17.7 Å². The number of hydrogen-bond donors (Lipinski definition) is 1. The molecule has 0 fully saturated rings. The zero-order chi connectivity index (χ0) is 16.8. The van der Waals surface area contributed by atoms with Crippen LogP contribution in [-0.2, 0) is 0 Å². The van der Waals surface area contributed by atoms with Gasteiger partial charge in [-0.05, 0) is 50.5 Å². The minimum Gasteiger partial charge on any atom is -0.314 e. The molecule has 1 aliphatic rings. The Kier molecular flexibility index (Phi) is 5.74. The van der Waals surface area contributed by atoms with Gasteiger partial charge in [-0.3, -0.25) is 0 Å². The van der Waals surface area contributed by atoms with E-state index in [9.17, 15) is 9.18 Å². The van der Waals surface area contributed by atoms with Crippen molar-refractivity contribution in [3.05, 3.63) is 67.0 Å². The van der Waals surface area contributed by atoms with Crippen molar-refractivity contribution in [1.82, 2.24) is 4.90 Å². The van der Waals surface area contributed by atoms with Gasteiger partial charge in [0.15, 0.2) is 0 Å². The summed E-state index contributed by atoms with van der Waals surface area (Å²) in [6, 6.07) is 5.65. The minimum atomic E-state index is -0.325. The number of halogens is 1. The molecule has 1 N–H and O–H groups in total. The first kappa shape index (κ1) is 17.0. The Bertz CT molecular complexity index is 606. The number of nitrogens with one attached hydrogen (secondary N) is 1. The van der Waals surface area contributed by atoms with Gasteiger partial charge in [-0.1, -0.05) is 23.8 Å². The van der Waals surface area contributed by atoms with Crippen molar-refractivity contribution in [2.24, 2.45) is 0 Å². The van der Waals surface area contributed by atoms with E-state index >= 15 is 0 Å². The van der Waals surface area contributed by atoms with Crippen molar-refractivity contribution in [2.45, 2.75) is 38.3 Å². The molecule has 0 aromatic heterocycles. The van der Waals surface area contributed by atoms with Crippen LogP contribution < -0.4 is 5.32 Å². The van der Waals surface area contributed by atoms with Crippen LogP contribution in [0.3, 0.4) is 0 Å². The van der Waals surface area contributed by atoms with Crippen LogP contribution in [-0.4, -0.2) is 23.0 Å². The van der Waals surface area contributed by atoms with Crippen LogP contribution >= 0.6 is 0 Å². The van der Waals surface area contributed by atoms with E-state index in [4.69, 9.17) is 0 Å². The molecule has 2 atom stereocenters. The number of urea groups is 1. The Morgan fingerprint density at radius 1 is 1.30 bits per heavy atom. The second-order valence-electron chi connectivity index (χ2n) is 5.83. The molecule has 1 aromatic rings. The second kappa shape index (κ2) is 7.77. The van der Waals surface area contributed by atoms with Gasteiger partial charge in [0.1, 0.15) is 5.82 Å². The molecule has 4 heteroatoms. The maximum atomic E-state index is 13.0. The third kappa shape index (κ3) is 4.31. The van der Waals surface area contributed by atoms with Gasteiger partial charge in [-0.15, -0.1) is 13.2 Å². The fourth-order valence-corrected chi connectivity index (χ4v) is 3.00. The molecule has 1 aliphatic heterocycles. The number of amides is 2. The molecule has 0 saturated carbocycles. The molecule has 0 radical (unpaired) electrons. The van der Waals surface area contributed by atoms with Crippen LogP contribution in [0.2, 0.25) is 0 Å². The van der Waals surface area contributed by atoms with E-state index in [2.05, 4.69) is 31.5 Å². The van der Waals surface area contributed by atoms with Crippen LogP contribution in [0.15, 0.2) is 61.2 Å². The zero-order valence-electron chi connectivity index (χ0n) is 13.5. The molecule has 2 rings (SSSR count). The normalized spacial score (nSPS) is 20.6. The lowest BCUT2D eigenvalue weighted by atomic mass is 9.93. The molecule has 23 heavy (non-hydrogen) atoms. The third-order valence-corrected chi connectivity index (χ3v) is 3.96. The highest BCUT2D eigenvalue weighted by Gasteiger charge is 2.32. The molecule has 0 unspecified atom stereocenters.